The highest BCUT2D eigenvalue weighted by Gasteiger charge is 2.33. The van der Waals surface area contributed by atoms with Crippen LogP contribution >= 0.6 is 0 Å². The van der Waals surface area contributed by atoms with Gasteiger partial charge in [-0.25, -0.2) is 0 Å². The number of carbonyl (C=O) groups is 1. The van der Waals surface area contributed by atoms with E-state index in [1.807, 2.05) is 18.2 Å². The zero-order chi connectivity index (χ0) is 17.7. The minimum Gasteiger partial charge on any atom is -0.487 e. The van der Waals surface area contributed by atoms with Gasteiger partial charge in [0.15, 0.2) is 0 Å². The summed E-state index contributed by atoms with van der Waals surface area (Å²) in [5.41, 5.74) is 0.720. The van der Waals surface area contributed by atoms with E-state index in [9.17, 15) is 9.90 Å². The molecule has 1 heterocycles. The first-order valence-corrected chi connectivity index (χ1v) is 8.66. The van der Waals surface area contributed by atoms with Crippen LogP contribution < -0.4 is 4.74 Å². The van der Waals surface area contributed by atoms with Gasteiger partial charge < -0.3 is 14.7 Å². The molecule has 3 rings (SSSR count). The molecule has 0 radical (unpaired) electrons. The highest BCUT2D eigenvalue weighted by Crippen LogP contribution is 2.30. The Morgan fingerprint density at radius 1 is 1.20 bits per heavy atom. The van der Waals surface area contributed by atoms with Gasteiger partial charge in [0.25, 0.3) is 5.91 Å². The molecule has 1 aliphatic carbocycles. The molecule has 1 aromatic heterocycles. The van der Waals surface area contributed by atoms with Crippen molar-refractivity contribution in [2.75, 3.05) is 13.6 Å². The SMILES string of the molecule is CN(CC1(O)CCCC1)C(=O)c1ccc(OCc2ccccn2)cc1. The summed E-state index contributed by atoms with van der Waals surface area (Å²) in [6.45, 7) is 0.769. The molecule has 0 spiro atoms. The van der Waals surface area contributed by atoms with E-state index in [2.05, 4.69) is 4.98 Å². The third kappa shape index (κ3) is 4.57. The molecule has 5 nitrogen and oxygen atoms in total. The Morgan fingerprint density at radius 3 is 2.56 bits per heavy atom. The minimum atomic E-state index is -0.726. The van der Waals surface area contributed by atoms with Crippen LogP contribution in [0.3, 0.4) is 0 Å². The van der Waals surface area contributed by atoms with Gasteiger partial charge in [0.1, 0.15) is 12.4 Å². The largest absolute Gasteiger partial charge is 0.487 e. The zero-order valence-electron chi connectivity index (χ0n) is 14.5. The Bertz CT molecular complexity index is 695. The maximum absolute atomic E-state index is 12.5. The van der Waals surface area contributed by atoms with Crippen molar-refractivity contribution in [3.63, 3.8) is 0 Å². The molecule has 0 unspecified atom stereocenters. The molecular formula is C20H24N2O3. The Balaban J connectivity index is 1.56. The number of carbonyl (C=O) groups excluding carboxylic acids is 1. The van der Waals surface area contributed by atoms with E-state index in [0.29, 0.717) is 24.5 Å². The molecule has 1 saturated carbocycles. The molecular weight excluding hydrogens is 316 g/mol. The van der Waals surface area contributed by atoms with Crippen molar-refractivity contribution in [3.05, 3.63) is 59.9 Å². The summed E-state index contributed by atoms with van der Waals surface area (Å²) in [5, 5.41) is 10.5. The van der Waals surface area contributed by atoms with E-state index in [1.165, 1.54) is 0 Å². The van der Waals surface area contributed by atoms with Crippen molar-refractivity contribution in [2.45, 2.75) is 37.9 Å². The van der Waals surface area contributed by atoms with Gasteiger partial charge in [-0.05, 0) is 49.2 Å². The number of pyridine rings is 1. The van der Waals surface area contributed by atoms with Crippen molar-refractivity contribution in [3.8, 4) is 5.75 Å². The van der Waals surface area contributed by atoms with Crippen molar-refractivity contribution < 1.29 is 14.6 Å². The van der Waals surface area contributed by atoms with Gasteiger partial charge in [-0.1, -0.05) is 18.9 Å². The van der Waals surface area contributed by atoms with E-state index in [1.54, 1.807) is 42.4 Å². The summed E-state index contributed by atoms with van der Waals surface area (Å²) in [6.07, 6.45) is 5.33. The maximum atomic E-state index is 12.5. The molecule has 1 N–H and O–H groups in total. The van der Waals surface area contributed by atoms with Crippen LogP contribution in [0.25, 0.3) is 0 Å². The van der Waals surface area contributed by atoms with Crippen molar-refractivity contribution in [2.24, 2.45) is 0 Å². The third-order valence-corrected chi connectivity index (χ3v) is 4.63. The summed E-state index contributed by atoms with van der Waals surface area (Å²) in [4.78, 5) is 18.3. The normalized spacial score (nSPS) is 15.8. The Morgan fingerprint density at radius 2 is 1.92 bits per heavy atom. The summed E-state index contributed by atoms with van der Waals surface area (Å²) in [5.74, 6) is 0.607. The van der Waals surface area contributed by atoms with Gasteiger partial charge in [0.2, 0.25) is 0 Å². The Labute approximate surface area is 148 Å². The quantitative estimate of drug-likeness (QED) is 0.878. The second-order valence-electron chi connectivity index (χ2n) is 6.73. The standard InChI is InChI=1S/C20H24N2O3/c1-22(15-20(24)11-3-4-12-20)19(23)16-7-9-18(10-8-16)25-14-17-6-2-5-13-21-17/h2,5-10,13,24H,3-4,11-12,14-15H2,1H3. The molecule has 0 saturated heterocycles. The molecule has 2 aromatic rings. The summed E-state index contributed by atoms with van der Waals surface area (Å²) in [7, 11) is 1.74. The van der Waals surface area contributed by atoms with Crippen LogP contribution in [0.4, 0.5) is 0 Å². The first-order valence-electron chi connectivity index (χ1n) is 8.66. The second kappa shape index (κ2) is 7.66. The number of hydrogen-bond donors (Lipinski definition) is 1. The third-order valence-electron chi connectivity index (χ3n) is 4.63. The first kappa shape index (κ1) is 17.4. The van der Waals surface area contributed by atoms with Gasteiger partial charge in [0, 0.05) is 25.4 Å². The van der Waals surface area contributed by atoms with Crippen LogP contribution in [0.15, 0.2) is 48.7 Å². The summed E-state index contributed by atoms with van der Waals surface area (Å²) >= 11 is 0. The van der Waals surface area contributed by atoms with E-state index in [4.69, 9.17) is 4.74 Å². The lowest BCUT2D eigenvalue weighted by Crippen LogP contribution is -2.42. The number of amides is 1. The van der Waals surface area contributed by atoms with E-state index < -0.39 is 5.60 Å². The predicted octanol–water partition coefficient (Wildman–Crippen LogP) is 3.04. The Kier molecular flexibility index (Phi) is 5.34. The summed E-state index contributed by atoms with van der Waals surface area (Å²) in [6, 6.07) is 12.8. The summed E-state index contributed by atoms with van der Waals surface area (Å²) < 4.78 is 5.68. The highest BCUT2D eigenvalue weighted by atomic mass is 16.5. The molecule has 1 aliphatic rings. The molecule has 5 heteroatoms. The van der Waals surface area contributed by atoms with Gasteiger partial charge in [-0.3, -0.25) is 9.78 Å². The fourth-order valence-corrected chi connectivity index (χ4v) is 3.26. The molecule has 132 valence electrons. The number of ether oxygens (including phenoxy) is 1. The second-order valence-corrected chi connectivity index (χ2v) is 6.73. The molecule has 25 heavy (non-hydrogen) atoms. The number of benzene rings is 1. The van der Waals surface area contributed by atoms with Gasteiger partial charge in [-0.15, -0.1) is 0 Å². The van der Waals surface area contributed by atoms with Crippen LogP contribution in [0.2, 0.25) is 0 Å². The lowest BCUT2D eigenvalue weighted by atomic mass is 10.0. The minimum absolute atomic E-state index is 0.0865. The van der Waals surface area contributed by atoms with Gasteiger partial charge in [-0.2, -0.15) is 0 Å². The monoisotopic (exact) mass is 340 g/mol. The Hall–Kier alpha value is -2.40. The van der Waals surface area contributed by atoms with E-state index in [0.717, 1.165) is 31.4 Å². The number of nitrogens with zero attached hydrogens (tertiary/aromatic N) is 2. The van der Waals surface area contributed by atoms with Crippen LogP contribution in [-0.2, 0) is 6.61 Å². The van der Waals surface area contributed by atoms with Crippen LogP contribution in [0.1, 0.15) is 41.7 Å². The van der Waals surface area contributed by atoms with Gasteiger partial charge in [0.05, 0.1) is 11.3 Å². The maximum Gasteiger partial charge on any atom is 0.253 e. The molecule has 1 fully saturated rings. The van der Waals surface area contributed by atoms with Crippen LogP contribution in [0, 0.1) is 0 Å². The molecule has 0 atom stereocenters. The van der Waals surface area contributed by atoms with Crippen LogP contribution in [-0.4, -0.2) is 40.1 Å². The predicted molar refractivity (Wildman–Crippen MR) is 95.4 cm³/mol. The fourth-order valence-electron chi connectivity index (χ4n) is 3.26. The molecule has 1 amide bonds. The fraction of sp³-hybridized carbons (Fsp3) is 0.400. The molecule has 1 aromatic carbocycles. The number of hydrogen-bond acceptors (Lipinski definition) is 4. The van der Waals surface area contributed by atoms with E-state index in [-0.39, 0.29) is 5.91 Å². The van der Waals surface area contributed by atoms with E-state index >= 15 is 0 Å². The molecule has 0 aliphatic heterocycles. The number of rotatable bonds is 6. The lowest BCUT2D eigenvalue weighted by Gasteiger charge is -2.28. The highest BCUT2D eigenvalue weighted by molar-refractivity contribution is 5.94. The lowest BCUT2D eigenvalue weighted by molar-refractivity contribution is 0.0157. The van der Waals surface area contributed by atoms with Crippen LogP contribution in [0.5, 0.6) is 5.75 Å². The number of aliphatic hydroxyl groups is 1. The average Bonchev–Trinajstić information content (AvgIpc) is 3.06. The number of likely N-dealkylation sites (N-methyl/N-ethyl adjacent to an activating group) is 1. The smallest absolute Gasteiger partial charge is 0.253 e. The zero-order valence-corrected chi connectivity index (χ0v) is 14.5. The van der Waals surface area contributed by atoms with Crippen molar-refractivity contribution in [1.29, 1.82) is 0 Å². The number of aromatic nitrogens is 1. The average molecular weight is 340 g/mol. The van der Waals surface area contributed by atoms with Gasteiger partial charge >= 0.3 is 0 Å². The topological polar surface area (TPSA) is 62.7 Å². The van der Waals surface area contributed by atoms with Crippen molar-refractivity contribution >= 4 is 5.91 Å². The van der Waals surface area contributed by atoms with Crippen molar-refractivity contribution in [1.82, 2.24) is 9.88 Å². The molecule has 0 bridgehead atoms. The first-order chi connectivity index (χ1) is 12.1.